The zero-order valence-corrected chi connectivity index (χ0v) is 17.1. The van der Waals surface area contributed by atoms with Gasteiger partial charge >= 0.3 is 0 Å². The van der Waals surface area contributed by atoms with Crippen LogP contribution in [0.4, 0.5) is 5.69 Å². The molecule has 1 unspecified atom stereocenters. The minimum absolute atomic E-state index is 0.0878. The van der Waals surface area contributed by atoms with E-state index in [-0.39, 0.29) is 24.8 Å². The molecule has 1 aliphatic carbocycles. The third kappa shape index (κ3) is 4.05. The van der Waals surface area contributed by atoms with E-state index in [0.717, 1.165) is 24.3 Å². The molecule has 3 N–H and O–H groups in total. The SMILES string of the molecule is CNCCOC1CC(Nc2cccc3c2C(=O)N(C2CCCOCNC2=O)C3=O)C1. The molecule has 1 atom stereocenters. The highest BCUT2D eigenvalue weighted by molar-refractivity contribution is 6.25. The van der Waals surface area contributed by atoms with Crippen LogP contribution in [0.3, 0.4) is 0 Å². The molecule has 30 heavy (non-hydrogen) atoms. The van der Waals surface area contributed by atoms with Crippen LogP contribution >= 0.6 is 0 Å². The largest absolute Gasteiger partial charge is 0.381 e. The number of fused-ring (bicyclic) bond motifs is 1. The minimum Gasteiger partial charge on any atom is -0.381 e. The number of carbonyl (C=O) groups is 3. The predicted octanol–water partition coefficient (Wildman–Crippen LogP) is 0.714. The molecule has 1 aromatic carbocycles. The quantitative estimate of drug-likeness (QED) is 0.444. The monoisotopic (exact) mass is 416 g/mol. The summed E-state index contributed by atoms with van der Waals surface area (Å²) in [6.07, 6.45) is 2.90. The van der Waals surface area contributed by atoms with Crippen LogP contribution in [0, 0.1) is 0 Å². The standard InChI is InChI=1S/C21H28N4O5/c1-22-7-9-30-14-10-13(11-14)24-16-5-2-4-15-18(16)21(28)25(20(15)27)17-6-3-8-29-12-23-19(17)26/h2,4-5,13-14,17,22,24H,3,6-12H2,1H3,(H,23,26). The van der Waals surface area contributed by atoms with Crippen molar-refractivity contribution < 1.29 is 23.9 Å². The smallest absolute Gasteiger partial charge is 0.264 e. The van der Waals surface area contributed by atoms with Crippen molar-refractivity contribution in [3.8, 4) is 0 Å². The van der Waals surface area contributed by atoms with Crippen LogP contribution < -0.4 is 16.0 Å². The van der Waals surface area contributed by atoms with Gasteiger partial charge in [-0.15, -0.1) is 0 Å². The van der Waals surface area contributed by atoms with Crippen LogP contribution in [0.5, 0.6) is 0 Å². The van der Waals surface area contributed by atoms with Gasteiger partial charge in [0.15, 0.2) is 0 Å². The van der Waals surface area contributed by atoms with Crippen molar-refractivity contribution in [1.29, 1.82) is 0 Å². The normalized spacial score (nSPS) is 26.5. The number of nitrogens with zero attached hydrogens (tertiary/aromatic N) is 1. The lowest BCUT2D eigenvalue weighted by molar-refractivity contribution is -0.128. The maximum Gasteiger partial charge on any atom is 0.264 e. The Morgan fingerprint density at radius 2 is 2.07 bits per heavy atom. The Bertz CT molecular complexity index is 824. The molecule has 0 bridgehead atoms. The van der Waals surface area contributed by atoms with Gasteiger partial charge in [-0.25, -0.2) is 0 Å². The molecule has 2 aliphatic heterocycles. The van der Waals surface area contributed by atoms with Crippen molar-refractivity contribution in [2.75, 3.05) is 38.9 Å². The first-order chi connectivity index (χ1) is 14.6. The number of benzene rings is 1. The fourth-order valence-corrected chi connectivity index (χ4v) is 4.14. The molecule has 0 radical (unpaired) electrons. The second-order valence-corrected chi connectivity index (χ2v) is 7.87. The lowest BCUT2D eigenvalue weighted by Crippen LogP contribution is -2.51. The number of nitrogens with one attached hydrogen (secondary N) is 3. The summed E-state index contributed by atoms with van der Waals surface area (Å²) < 4.78 is 11.0. The first-order valence-electron chi connectivity index (χ1n) is 10.5. The lowest BCUT2D eigenvalue weighted by Gasteiger charge is -2.36. The van der Waals surface area contributed by atoms with Crippen molar-refractivity contribution in [2.45, 2.75) is 43.9 Å². The van der Waals surface area contributed by atoms with Crippen LogP contribution in [0.1, 0.15) is 46.4 Å². The van der Waals surface area contributed by atoms with Gasteiger partial charge in [0.05, 0.1) is 23.8 Å². The number of anilines is 1. The molecule has 9 nitrogen and oxygen atoms in total. The van der Waals surface area contributed by atoms with Gasteiger partial charge in [-0.1, -0.05) is 6.07 Å². The van der Waals surface area contributed by atoms with E-state index in [4.69, 9.17) is 9.47 Å². The molecule has 1 saturated heterocycles. The van der Waals surface area contributed by atoms with E-state index in [9.17, 15) is 14.4 Å². The summed E-state index contributed by atoms with van der Waals surface area (Å²) in [5, 5.41) is 9.07. The number of carbonyl (C=O) groups excluding carboxylic acids is 3. The number of amides is 3. The molecule has 3 amide bonds. The summed E-state index contributed by atoms with van der Waals surface area (Å²) >= 11 is 0. The zero-order valence-electron chi connectivity index (χ0n) is 17.1. The highest BCUT2D eigenvalue weighted by Gasteiger charge is 2.44. The summed E-state index contributed by atoms with van der Waals surface area (Å²) in [6, 6.07) is 4.60. The first-order valence-corrected chi connectivity index (χ1v) is 10.5. The Labute approximate surface area is 175 Å². The highest BCUT2D eigenvalue weighted by atomic mass is 16.5. The molecule has 3 aliphatic rings. The highest BCUT2D eigenvalue weighted by Crippen LogP contribution is 2.34. The van der Waals surface area contributed by atoms with Gasteiger partial charge < -0.3 is 25.4 Å². The summed E-state index contributed by atoms with van der Waals surface area (Å²) in [6.45, 7) is 2.05. The Morgan fingerprint density at radius 3 is 2.87 bits per heavy atom. The van der Waals surface area contributed by atoms with Crippen molar-refractivity contribution in [2.24, 2.45) is 0 Å². The van der Waals surface area contributed by atoms with E-state index in [1.807, 2.05) is 13.1 Å². The minimum atomic E-state index is -0.817. The van der Waals surface area contributed by atoms with Crippen LogP contribution in [0.2, 0.25) is 0 Å². The van der Waals surface area contributed by atoms with E-state index in [1.165, 1.54) is 0 Å². The summed E-state index contributed by atoms with van der Waals surface area (Å²) in [5.74, 6) is -1.19. The van der Waals surface area contributed by atoms with Gasteiger partial charge in [-0.3, -0.25) is 19.3 Å². The maximum atomic E-state index is 13.2. The average molecular weight is 416 g/mol. The molecular formula is C21H28N4O5. The Morgan fingerprint density at radius 1 is 1.23 bits per heavy atom. The molecule has 1 aromatic rings. The molecule has 0 spiro atoms. The topological polar surface area (TPSA) is 109 Å². The predicted molar refractivity (Wildman–Crippen MR) is 109 cm³/mol. The second-order valence-electron chi connectivity index (χ2n) is 7.87. The average Bonchev–Trinajstić information content (AvgIpc) is 2.95. The van der Waals surface area contributed by atoms with E-state index >= 15 is 0 Å². The van der Waals surface area contributed by atoms with Crippen molar-refractivity contribution >= 4 is 23.4 Å². The third-order valence-electron chi connectivity index (χ3n) is 5.84. The number of hydrogen-bond donors (Lipinski definition) is 3. The van der Waals surface area contributed by atoms with Gasteiger partial charge in [-0.05, 0) is 44.9 Å². The number of imide groups is 1. The van der Waals surface area contributed by atoms with Crippen LogP contribution in [0.25, 0.3) is 0 Å². The van der Waals surface area contributed by atoms with Gasteiger partial charge in [0, 0.05) is 24.9 Å². The third-order valence-corrected chi connectivity index (χ3v) is 5.84. The van der Waals surface area contributed by atoms with Crippen LogP contribution in [-0.4, -0.2) is 74.3 Å². The fourth-order valence-electron chi connectivity index (χ4n) is 4.14. The van der Waals surface area contributed by atoms with Gasteiger partial charge in [-0.2, -0.15) is 0 Å². The van der Waals surface area contributed by atoms with E-state index in [1.54, 1.807) is 12.1 Å². The zero-order chi connectivity index (χ0) is 21.1. The molecule has 162 valence electrons. The van der Waals surface area contributed by atoms with Crippen LogP contribution in [-0.2, 0) is 14.3 Å². The molecule has 0 aromatic heterocycles. The maximum absolute atomic E-state index is 13.2. The molecule has 9 heteroatoms. The first kappa shape index (κ1) is 20.8. The van der Waals surface area contributed by atoms with Gasteiger partial charge in [0.2, 0.25) is 5.91 Å². The lowest BCUT2D eigenvalue weighted by atomic mass is 9.88. The van der Waals surface area contributed by atoms with E-state index in [0.29, 0.717) is 42.9 Å². The number of rotatable bonds is 7. The van der Waals surface area contributed by atoms with Crippen molar-refractivity contribution in [3.63, 3.8) is 0 Å². The van der Waals surface area contributed by atoms with Crippen molar-refractivity contribution in [1.82, 2.24) is 15.5 Å². The van der Waals surface area contributed by atoms with Crippen molar-refractivity contribution in [3.05, 3.63) is 29.3 Å². The van der Waals surface area contributed by atoms with E-state index in [2.05, 4.69) is 16.0 Å². The number of ether oxygens (including phenoxy) is 2. The Balaban J connectivity index is 1.46. The number of hydrogen-bond acceptors (Lipinski definition) is 7. The summed E-state index contributed by atoms with van der Waals surface area (Å²) in [5.41, 5.74) is 1.34. The Hall–Kier alpha value is -2.49. The molecule has 2 fully saturated rings. The molecular weight excluding hydrogens is 388 g/mol. The summed E-state index contributed by atoms with van der Waals surface area (Å²) in [7, 11) is 1.89. The van der Waals surface area contributed by atoms with Gasteiger partial charge in [0.1, 0.15) is 12.8 Å². The summed E-state index contributed by atoms with van der Waals surface area (Å²) in [4.78, 5) is 39.8. The van der Waals surface area contributed by atoms with Crippen LogP contribution in [0.15, 0.2) is 18.2 Å². The molecule has 1 saturated carbocycles. The molecule has 2 heterocycles. The Kier molecular flexibility index (Phi) is 6.31. The number of likely N-dealkylation sites (N-methyl/N-ethyl adjacent to an activating group) is 1. The van der Waals surface area contributed by atoms with Gasteiger partial charge in [0.25, 0.3) is 11.8 Å². The molecule has 4 rings (SSSR count). The van der Waals surface area contributed by atoms with E-state index < -0.39 is 17.9 Å². The second kappa shape index (κ2) is 9.11. The fraction of sp³-hybridized carbons (Fsp3) is 0.571.